The molecule has 0 aliphatic rings. The van der Waals surface area contributed by atoms with Crippen LogP contribution < -0.4 is 0 Å². The second kappa shape index (κ2) is 7.86. The lowest BCUT2D eigenvalue weighted by Gasteiger charge is -2.07. The molecule has 0 fully saturated rings. The Hall–Kier alpha value is -2.78. The van der Waals surface area contributed by atoms with Crippen LogP contribution in [0.15, 0.2) is 78.9 Å². The molecule has 3 rings (SSSR count). The number of phenols is 1. The molecule has 2 nitrogen and oxygen atoms in total. The zero-order chi connectivity index (χ0) is 17.6. The molecular weight excluding hydrogens is 328 g/mol. The van der Waals surface area contributed by atoms with Gasteiger partial charge in [-0.25, -0.2) is 0 Å². The molecule has 1 N–H and O–H groups in total. The van der Waals surface area contributed by atoms with E-state index in [-0.39, 0.29) is 18.0 Å². The van der Waals surface area contributed by atoms with Crippen LogP contribution in [-0.4, -0.2) is 15.8 Å². The van der Waals surface area contributed by atoms with Crippen molar-refractivity contribution in [2.75, 3.05) is 0 Å². The summed E-state index contributed by atoms with van der Waals surface area (Å²) in [4.78, 5) is 13.1. The zero-order valence-corrected chi connectivity index (χ0v) is 14.5. The molecular formula is C22H18O2S. The van der Waals surface area contributed by atoms with Gasteiger partial charge in [0.1, 0.15) is 5.75 Å². The predicted octanol–water partition coefficient (Wildman–Crippen LogP) is 5.24. The van der Waals surface area contributed by atoms with Crippen molar-refractivity contribution in [3.8, 4) is 16.9 Å². The van der Waals surface area contributed by atoms with Gasteiger partial charge in [0.2, 0.25) is 0 Å². The maximum absolute atomic E-state index is 12.4. The molecule has 0 aliphatic heterocycles. The number of ketones is 1. The standard InChI is InChI=1S/C22H18O2S/c23-21-9-5-4-8-19(21)14-20(25)15-22(24)18-12-10-17(11-13-18)16-6-2-1-3-7-16/h1-13,23H,14-15H2. The Morgan fingerprint density at radius 3 is 2.08 bits per heavy atom. The van der Waals surface area contributed by atoms with Crippen molar-refractivity contribution in [3.63, 3.8) is 0 Å². The summed E-state index contributed by atoms with van der Waals surface area (Å²) in [5, 5.41) is 9.80. The summed E-state index contributed by atoms with van der Waals surface area (Å²) in [7, 11) is 0. The zero-order valence-electron chi connectivity index (χ0n) is 13.7. The molecule has 124 valence electrons. The molecule has 0 radical (unpaired) electrons. The molecule has 3 aromatic carbocycles. The molecule has 0 aliphatic carbocycles. The summed E-state index contributed by atoms with van der Waals surface area (Å²) in [5.41, 5.74) is 3.60. The second-order valence-electron chi connectivity index (χ2n) is 5.89. The summed E-state index contributed by atoms with van der Waals surface area (Å²) >= 11 is 5.34. The van der Waals surface area contributed by atoms with Gasteiger partial charge in [-0.1, -0.05) is 85.0 Å². The fraction of sp³-hybridized carbons (Fsp3) is 0.0909. The van der Waals surface area contributed by atoms with Crippen molar-refractivity contribution in [2.24, 2.45) is 0 Å². The lowest BCUT2D eigenvalue weighted by atomic mass is 9.99. The number of rotatable bonds is 6. The van der Waals surface area contributed by atoms with E-state index in [1.165, 1.54) is 0 Å². The molecule has 0 atom stereocenters. The fourth-order valence-electron chi connectivity index (χ4n) is 2.70. The Labute approximate surface area is 152 Å². The van der Waals surface area contributed by atoms with Crippen molar-refractivity contribution in [1.29, 1.82) is 0 Å². The molecule has 0 saturated heterocycles. The Balaban J connectivity index is 1.65. The molecule has 25 heavy (non-hydrogen) atoms. The number of phenolic OH excluding ortho intramolecular Hbond substituents is 1. The number of hydrogen-bond acceptors (Lipinski definition) is 3. The third-order valence-electron chi connectivity index (χ3n) is 4.05. The van der Waals surface area contributed by atoms with Crippen LogP contribution in [0.2, 0.25) is 0 Å². The Bertz CT molecular complexity index is 883. The van der Waals surface area contributed by atoms with E-state index in [4.69, 9.17) is 12.2 Å². The number of para-hydroxylation sites is 1. The number of thiocarbonyl (C=S) groups is 1. The number of carbonyl (C=O) groups excluding carboxylic acids is 1. The molecule has 0 saturated carbocycles. The average Bonchev–Trinajstić information content (AvgIpc) is 2.64. The monoisotopic (exact) mass is 346 g/mol. The third kappa shape index (κ3) is 4.40. The van der Waals surface area contributed by atoms with E-state index in [0.717, 1.165) is 16.7 Å². The molecule has 0 bridgehead atoms. The van der Waals surface area contributed by atoms with Crippen molar-refractivity contribution < 1.29 is 9.90 Å². The lowest BCUT2D eigenvalue weighted by molar-refractivity contribution is 0.100. The third-order valence-corrected chi connectivity index (χ3v) is 4.34. The first-order chi connectivity index (χ1) is 12.1. The van der Waals surface area contributed by atoms with Crippen LogP contribution in [0, 0.1) is 0 Å². The molecule has 0 aromatic heterocycles. The minimum Gasteiger partial charge on any atom is -0.508 e. The largest absolute Gasteiger partial charge is 0.508 e. The normalized spacial score (nSPS) is 10.4. The first-order valence-electron chi connectivity index (χ1n) is 8.11. The van der Waals surface area contributed by atoms with E-state index in [9.17, 15) is 9.90 Å². The first kappa shape index (κ1) is 17.1. The minimum atomic E-state index is 0.0000302. The van der Waals surface area contributed by atoms with Crippen molar-refractivity contribution in [2.45, 2.75) is 12.8 Å². The van der Waals surface area contributed by atoms with Gasteiger partial charge in [0, 0.05) is 23.3 Å². The molecule has 0 amide bonds. The van der Waals surface area contributed by atoms with Crippen molar-refractivity contribution in [3.05, 3.63) is 90.0 Å². The van der Waals surface area contributed by atoms with E-state index in [1.54, 1.807) is 12.1 Å². The van der Waals surface area contributed by atoms with Gasteiger partial charge < -0.3 is 5.11 Å². The van der Waals surface area contributed by atoms with Gasteiger partial charge in [0.05, 0.1) is 0 Å². The average molecular weight is 346 g/mol. The predicted molar refractivity (Wildman–Crippen MR) is 105 cm³/mol. The highest BCUT2D eigenvalue weighted by molar-refractivity contribution is 7.80. The van der Waals surface area contributed by atoms with Crippen LogP contribution in [0.25, 0.3) is 11.1 Å². The summed E-state index contributed by atoms with van der Waals surface area (Å²) in [6.07, 6.45) is 0.629. The van der Waals surface area contributed by atoms with Gasteiger partial charge >= 0.3 is 0 Å². The number of aromatic hydroxyl groups is 1. The van der Waals surface area contributed by atoms with Gasteiger partial charge in [-0.3, -0.25) is 4.79 Å². The maximum Gasteiger partial charge on any atom is 0.167 e. The van der Waals surface area contributed by atoms with E-state index >= 15 is 0 Å². The number of hydrogen-bond donors (Lipinski definition) is 1. The molecule has 0 heterocycles. The summed E-state index contributed by atoms with van der Waals surface area (Å²) in [6, 6.07) is 24.7. The van der Waals surface area contributed by atoms with Gasteiger partial charge in [0.15, 0.2) is 5.78 Å². The lowest BCUT2D eigenvalue weighted by Crippen LogP contribution is -2.09. The van der Waals surface area contributed by atoms with Crippen LogP contribution >= 0.6 is 12.2 Å². The minimum absolute atomic E-state index is 0.0000302. The van der Waals surface area contributed by atoms with Crippen molar-refractivity contribution >= 4 is 22.9 Å². The van der Waals surface area contributed by atoms with Gasteiger partial charge in [-0.05, 0) is 22.8 Å². The van der Waals surface area contributed by atoms with Gasteiger partial charge in [0.25, 0.3) is 0 Å². The van der Waals surface area contributed by atoms with Crippen LogP contribution in [0.1, 0.15) is 22.3 Å². The smallest absolute Gasteiger partial charge is 0.167 e. The highest BCUT2D eigenvalue weighted by Crippen LogP contribution is 2.21. The molecule has 0 unspecified atom stereocenters. The van der Waals surface area contributed by atoms with Crippen LogP contribution in [-0.2, 0) is 6.42 Å². The van der Waals surface area contributed by atoms with E-state index in [0.29, 0.717) is 16.8 Å². The number of benzene rings is 3. The molecule has 3 heteroatoms. The van der Waals surface area contributed by atoms with Crippen LogP contribution in [0.4, 0.5) is 0 Å². The topological polar surface area (TPSA) is 37.3 Å². The quantitative estimate of drug-likeness (QED) is 0.489. The van der Waals surface area contributed by atoms with E-state index in [1.807, 2.05) is 66.7 Å². The molecule has 3 aromatic rings. The van der Waals surface area contributed by atoms with E-state index in [2.05, 4.69) is 0 Å². The van der Waals surface area contributed by atoms with Gasteiger partial charge in [-0.15, -0.1) is 0 Å². The second-order valence-corrected chi connectivity index (χ2v) is 6.46. The van der Waals surface area contributed by atoms with Crippen LogP contribution in [0.3, 0.4) is 0 Å². The molecule has 0 spiro atoms. The Morgan fingerprint density at radius 1 is 0.800 bits per heavy atom. The fourth-order valence-corrected chi connectivity index (χ4v) is 2.98. The Morgan fingerprint density at radius 2 is 1.40 bits per heavy atom. The number of carbonyl (C=O) groups is 1. The van der Waals surface area contributed by atoms with Gasteiger partial charge in [-0.2, -0.15) is 0 Å². The maximum atomic E-state index is 12.4. The summed E-state index contributed by atoms with van der Waals surface area (Å²) in [5.74, 6) is 0.213. The van der Waals surface area contributed by atoms with E-state index < -0.39 is 0 Å². The highest BCUT2D eigenvalue weighted by atomic mass is 32.1. The Kier molecular flexibility index (Phi) is 5.36. The number of Topliss-reactive ketones (excluding diaryl/α,β-unsaturated/α-hetero) is 1. The summed E-state index contributed by atoms with van der Waals surface area (Å²) in [6.45, 7) is 0. The highest BCUT2D eigenvalue weighted by Gasteiger charge is 2.11. The summed E-state index contributed by atoms with van der Waals surface area (Å²) < 4.78 is 0. The first-order valence-corrected chi connectivity index (χ1v) is 8.51. The SMILES string of the molecule is O=C(CC(=S)Cc1ccccc1O)c1ccc(-c2ccccc2)cc1. The van der Waals surface area contributed by atoms with Crippen LogP contribution in [0.5, 0.6) is 5.75 Å². The van der Waals surface area contributed by atoms with Crippen molar-refractivity contribution in [1.82, 2.24) is 0 Å².